The van der Waals surface area contributed by atoms with Crippen molar-refractivity contribution in [1.82, 2.24) is 4.90 Å². The largest absolute Gasteiger partial charge is 0.444 e. The Balaban J connectivity index is 2.09. The zero-order valence-corrected chi connectivity index (χ0v) is 16.5. The molecule has 1 saturated heterocycles. The van der Waals surface area contributed by atoms with Crippen molar-refractivity contribution in [3.63, 3.8) is 0 Å². The lowest BCUT2D eigenvalue weighted by atomic mass is 9.75. The quantitative estimate of drug-likeness (QED) is 0.761. The monoisotopic (exact) mass is 369 g/mol. The first-order valence-electron chi connectivity index (χ1n) is 8.28. The van der Waals surface area contributed by atoms with Crippen LogP contribution in [0.2, 0.25) is 0 Å². The van der Waals surface area contributed by atoms with Gasteiger partial charge in [0, 0.05) is 12.0 Å². The van der Waals surface area contributed by atoms with E-state index in [4.69, 9.17) is 8.92 Å². The van der Waals surface area contributed by atoms with Crippen molar-refractivity contribution in [2.75, 3.05) is 13.2 Å². The van der Waals surface area contributed by atoms with Crippen LogP contribution in [-0.2, 0) is 19.0 Å². The molecule has 1 fully saturated rings. The Bertz CT molecular complexity index is 749. The van der Waals surface area contributed by atoms with Crippen molar-refractivity contribution in [2.24, 2.45) is 5.41 Å². The van der Waals surface area contributed by atoms with Gasteiger partial charge in [-0.2, -0.15) is 8.42 Å². The van der Waals surface area contributed by atoms with Gasteiger partial charge >= 0.3 is 6.09 Å². The van der Waals surface area contributed by atoms with Gasteiger partial charge in [-0.05, 0) is 39.3 Å². The number of aryl methyl sites for hydroxylation is 1. The maximum absolute atomic E-state index is 12.5. The highest BCUT2D eigenvalue weighted by Crippen LogP contribution is 2.38. The number of benzene rings is 1. The normalized spacial score (nSPS) is 20.1. The summed E-state index contributed by atoms with van der Waals surface area (Å²) in [6.07, 6.45) is -0.450. The molecular weight excluding hydrogens is 342 g/mol. The van der Waals surface area contributed by atoms with Gasteiger partial charge in [0.05, 0.1) is 17.5 Å². The number of nitrogens with zero attached hydrogens (tertiary/aromatic N) is 1. The third kappa shape index (κ3) is 4.52. The summed E-state index contributed by atoms with van der Waals surface area (Å²) >= 11 is 0. The molecule has 1 atom stereocenters. The number of hydrogen-bond acceptors (Lipinski definition) is 5. The smallest absolute Gasteiger partial charge is 0.410 e. The summed E-state index contributed by atoms with van der Waals surface area (Å²) in [7, 11) is -3.88. The average Bonchev–Trinajstić information content (AvgIpc) is 2.43. The number of ether oxygens (including phenoxy) is 1. The predicted octanol–water partition coefficient (Wildman–Crippen LogP) is 3.35. The molecule has 0 N–H and O–H groups in total. The molecule has 1 aromatic rings. The van der Waals surface area contributed by atoms with Crippen molar-refractivity contribution < 1.29 is 22.1 Å². The van der Waals surface area contributed by atoms with Gasteiger partial charge in [0.15, 0.2) is 0 Å². The van der Waals surface area contributed by atoms with Crippen LogP contribution in [0.3, 0.4) is 0 Å². The Kier molecular flexibility index (Phi) is 5.21. The zero-order chi connectivity index (χ0) is 19.0. The number of hydrogen-bond donors (Lipinski definition) is 0. The van der Waals surface area contributed by atoms with E-state index in [-0.39, 0.29) is 23.0 Å². The molecule has 0 spiro atoms. The number of likely N-dealkylation sites (tertiary alicyclic amines) is 1. The van der Waals surface area contributed by atoms with Crippen LogP contribution in [0.25, 0.3) is 0 Å². The van der Waals surface area contributed by atoms with Crippen LogP contribution in [-0.4, -0.2) is 44.2 Å². The number of carbonyl (C=O) groups excluding carboxylic acids is 1. The van der Waals surface area contributed by atoms with Gasteiger partial charge in [0.25, 0.3) is 10.1 Å². The molecule has 1 aromatic carbocycles. The van der Waals surface area contributed by atoms with Crippen LogP contribution in [0.4, 0.5) is 4.79 Å². The summed E-state index contributed by atoms with van der Waals surface area (Å²) in [5.74, 6) is 0. The van der Waals surface area contributed by atoms with Gasteiger partial charge in [-0.15, -0.1) is 0 Å². The van der Waals surface area contributed by atoms with Gasteiger partial charge in [-0.1, -0.05) is 32.0 Å². The fourth-order valence-electron chi connectivity index (χ4n) is 2.85. The van der Waals surface area contributed by atoms with E-state index in [1.165, 1.54) is 11.0 Å². The molecular formula is C18H27NO5S. The van der Waals surface area contributed by atoms with Crippen molar-refractivity contribution in [1.29, 1.82) is 0 Å². The summed E-state index contributed by atoms with van der Waals surface area (Å²) < 4.78 is 35.6. The van der Waals surface area contributed by atoms with Crippen molar-refractivity contribution in [3.05, 3.63) is 29.8 Å². The van der Waals surface area contributed by atoms with E-state index >= 15 is 0 Å². The standard InChI is InChI=1S/C18H27NO5S/c1-13-9-7-8-10-14(13)25(21,22)23-11-15-18(5,6)12-19(15)16(20)24-17(2,3)4/h7-10,15H,11-12H2,1-6H3. The summed E-state index contributed by atoms with van der Waals surface area (Å²) in [4.78, 5) is 14.0. The Morgan fingerprint density at radius 2 is 1.88 bits per heavy atom. The topological polar surface area (TPSA) is 72.9 Å². The van der Waals surface area contributed by atoms with E-state index in [9.17, 15) is 13.2 Å². The zero-order valence-electron chi connectivity index (χ0n) is 15.7. The van der Waals surface area contributed by atoms with E-state index < -0.39 is 21.8 Å². The van der Waals surface area contributed by atoms with Crippen LogP contribution < -0.4 is 0 Å². The first kappa shape index (κ1) is 19.7. The Morgan fingerprint density at radius 3 is 2.40 bits per heavy atom. The summed E-state index contributed by atoms with van der Waals surface area (Å²) in [6.45, 7) is 11.5. The second kappa shape index (κ2) is 6.61. The third-order valence-electron chi connectivity index (χ3n) is 4.23. The highest BCUT2D eigenvalue weighted by molar-refractivity contribution is 7.86. The molecule has 140 valence electrons. The van der Waals surface area contributed by atoms with Gasteiger partial charge < -0.3 is 9.64 Å². The molecule has 1 heterocycles. The minimum Gasteiger partial charge on any atom is -0.444 e. The van der Waals surface area contributed by atoms with Crippen LogP contribution in [0.15, 0.2) is 29.2 Å². The average molecular weight is 369 g/mol. The van der Waals surface area contributed by atoms with Gasteiger partial charge in [0.1, 0.15) is 5.60 Å². The molecule has 2 rings (SSSR count). The SMILES string of the molecule is Cc1ccccc1S(=O)(=O)OCC1N(C(=O)OC(C)(C)C)CC1(C)C. The van der Waals surface area contributed by atoms with Crippen molar-refractivity contribution >= 4 is 16.2 Å². The fraction of sp³-hybridized carbons (Fsp3) is 0.611. The lowest BCUT2D eigenvalue weighted by molar-refractivity contribution is -0.0773. The van der Waals surface area contributed by atoms with Gasteiger partial charge in [0.2, 0.25) is 0 Å². The van der Waals surface area contributed by atoms with Crippen molar-refractivity contribution in [2.45, 2.75) is 58.1 Å². The second-order valence-electron chi connectivity index (χ2n) is 8.12. The molecule has 1 aliphatic rings. The molecule has 25 heavy (non-hydrogen) atoms. The lowest BCUT2D eigenvalue weighted by Gasteiger charge is -2.53. The molecule has 1 unspecified atom stereocenters. The minimum atomic E-state index is -3.88. The Hall–Kier alpha value is -1.60. The Morgan fingerprint density at radius 1 is 1.28 bits per heavy atom. The minimum absolute atomic E-state index is 0.0943. The molecule has 0 bridgehead atoms. The molecule has 0 radical (unpaired) electrons. The van der Waals surface area contributed by atoms with Crippen molar-refractivity contribution in [3.8, 4) is 0 Å². The fourth-order valence-corrected chi connectivity index (χ4v) is 3.99. The third-order valence-corrected chi connectivity index (χ3v) is 5.67. The molecule has 0 aliphatic carbocycles. The van der Waals surface area contributed by atoms with Crippen LogP contribution in [0, 0.1) is 12.3 Å². The molecule has 6 nitrogen and oxygen atoms in total. The molecule has 0 saturated carbocycles. The first-order valence-corrected chi connectivity index (χ1v) is 9.69. The maximum atomic E-state index is 12.5. The lowest BCUT2D eigenvalue weighted by Crippen LogP contribution is -2.66. The molecule has 7 heteroatoms. The van der Waals surface area contributed by atoms with Gasteiger partial charge in [-0.3, -0.25) is 4.18 Å². The maximum Gasteiger partial charge on any atom is 0.410 e. The summed E-state index contributed by atoms with van der Waals surface area (Å²) in [5, 5.41) is 0. The summed E-state index contributed by atoms with van der Waals surface area (Å²) in [6, 6.07) is 6.30. The van der Waals surface area contributed by atoms with E-state index in [0.29, 0.717) is 12.1 Å². The van der Waals surface area contributed by atoms with Crippen LogP contribution >= 0.6 is 0 Å². The van der Waals surface area contributed by atoms with E-state index in [1.54, 1.807) is 45.9 Å². The number of carbonyl (C=O) groups is 1. The Labute approximate surface area is 150 Å². The number of rotatable bonds is 4. The number of amides is 1. The van der Waals surface area contributed by atoms with Crippen LogP contribution in [0.1, 0.15) is 40.2 Å². The highest BCUT2D eigenvalue weighted by Gasteiger charge is 2.50. The van der Waals surface area contributed by atoms with Crippen LogP contribution in [0.5, 0.6) is 0 Å². The summed E-state index contributed by atoms with van der Waals surface area (Å²) in [5.41, 5.74) is -0.215. The molecule has 0 aromatic heterocycles. The van der Waals surface area contributed by atoms with E-state index in [2.05, 4.69) is 0 Å². The molecule has 1 amide bonds. The highest BCUT2D eigenvalue weighted by atomic mass is 32.2. The predicted molar refractivity (Wildman–Crippen MR) is 94.8 cm³/mol. The van der Waals surface area contributed by atoms with E-state index in [1.807, 2.05) is 13.8 Å². The van der Waals surface area contributed by atoms with Gasteiger partial charge in [-0.25, -0.2) is 4.79 Å². The first-order chi connectivity index (χ1) is 11.3. The van der Waals surface area contributed by atoms with E-state index in [0.717, 1.165) is 0 Å². The second-order valence-corrected chi connectivity index (χ2v) is 9.70. The molecule has 1 aliphatic heterocycles.